The third kappa shape index (κ3) is 12.0. The molecule has 2 heteroatoms. The van der Waals surface area contributed by atoms with Gasteiger partial charge in [0.1, 0.15) is 6.17 Å². The normalized spacial score (nSPS) is 14.5. The standard InChI is InChI=1S/C26H52N2/c1-4-7-8-9-10-11-12-13-14-15-16-17-18-19-20-21-22-23-26-27(5-2)24-25-28(26)6-3/h24-26H,4-23H2,1-3H3. The second-order valence-corrected chi connectivity index (χ2v) is 8.89. The summed E-state index contributed by atoms with van der Waals surface area (Å²) in [4.78, 5) is 4.99. The zero-order valence-electron chi connectivity index (χ0n) is 19.8. The first-order valence-electron chi connectivity index (χ1n) is 13.0. The van der Waals surface area contributed by atoms with E-state index >= 15 is 0 Å². The van der Waals surface area contributed by atoms with Gasteiger partial charge in [0.15, 0.2) is 0 Å². The lowest BCUT2D eigenvalue weighted by atomic mass is 10.0. The number of unbranched alkanes of at least 4 members (excludes halogenated alkanes) is 16. The topological polar surface area (TPSA) is 6.48 Å². The number of rotatable bonds is 20. The summed E-state index contributed by atoms with van der Waals surface area (Å²) in [5.74, 6) is 0. The SMILES string of the molecule is CCCCCCCCCCCCCCCCCCCC1N(CC)C=CN1CC. The summed E-state index contributed by atoms with van der Waals surface area (Å²) in [6, 6.07) is 0. The molecule has 0 atom stereocenters. The molecule has 0 saturated carbocycles. The molecule has 0 aromatic carbocycles. The van der Waals surface area contributed by atoms with Gasteiger partial charge in [-0.2, -0.15) is 0 Å². The smallest absolute Gasteiger partial charge is 0.101 e. The van der Waals surface area contributed by atoms with Gasteiger partial charge in [-0.1, -0.05) is 110 Å². The van der Waals surface area contributed by atoms with Gasteiger partial charge in [-0.3, -0.25) is 0 Å². The lowest BCUT2D eigenvalue weighted by Gasteiger charge is -2.31. The number of hydrogen-bond donors (Lipinski definition) is 0. The van der Waals surface area contributed by atoms with Crippen LogP contribution in [0.15, 0.2) is 12.4 Å². The van der Waals surface area contributed by atoms with E-state index < -0.39 is 0 Å². The predicted octanol–water partition coefficient (Wildman–Crippen LogP) is 8.48. The fourth-order valence-electron chi connectivity index (χ4n) is 4.58. The lowest BCUT2D eigenvalue weighted by molar-refractivity contribution is 0.149. The minimum atomic E-state index is 0.631. The van der Waals surface area contributed by atoms with E-state index in [1.807, 2.05) is 0 Å². The summed E-state index contributed by atoms with van der Waals surface area (Å²) in [6.45, 7) is 9.11. The molecule has 0 aromatic rings. The van der Waals surface area contributed by atoms with E-state index in [1.165, 1.54) is 116 Å². The maximum Gasteiger partial charge on any atom is 0.101 e. The van der Waals surface area contributed by atoms with Gasteiger partial charge in [-0.25, -0.2) is 0 Å². The zero-order chi connectivity index (χ0) is 20.3. The highest BCUT2D eigenvalue weighted by molar-refractivity contribution is 4.95. The van der Waals surface area contributed by atoms with E-state index in [0.29, 0.717) is 6.17 Å². The van der Waals surface area contributed by atoms with Crippen molar-refractivity contribution in [2.75, 3.05) is 13.1 Å². The van der Waals surface area contributed by atoms with Crippen molar-refractivity contribution in [3.05, 3.63) is 12.4 Å². The number of hydrogen-bond acceptors (Lipinski definition) is 2. The minimum Gasteiger partial charge on any atom is -0.356 e. The van der Waals surface area contributed by atoms with E-state index in [-0.39, 0.29) is 0 Å². The molecule has 0 radical (unpaired) electrons. The minimum absolute atomic E-state index is 0.631. The van der Waals surface area contributed by atoms with Crippen molar-refractivity contribution >= 4 is 0 Å². The molecule has 0 saturated heterocycles. The summed E-state index contributed by atoms with van der Waals surface area (Å²) in [6.07, 6.45) is 31.2. The first-order chi connectivity index (χ1) is 13.8. The molecule has 0 N–H and O–H groups in total. The van der Waals surface area contributed by atoms with Gasteiger partial charge in [0.05, 0.1) is 0 Å². The fourth-order valence-corrected chi connectivity index (χ4v) is 4.58. The Morgan fingerprint density at radius 2 is 0.786 bits per heavy atom. The first-order valence-corrected chi connectivity index (χ1v) is 13.0. The van der Waals surface area contributed by atoms with Crippen molar-refractivity contribution in [3.63, 3.8) is 0 Å². The molecule has 0 bridgehead atoms. The quantitative estimate of drug-likeness (QED) is 0.192. The van der Waals surface area contributed by atoms with Crippen molar-refractivity contribution in [3.8, 4) is 0 Å². The van der Waals surface area contributed by atoms with E-state index in [9.17, 15) is 0 Å². The Morgan fingerprint density at radius 3 is 1.11 bits per heavy atom. The van der Waals surface area contributed by atoms with Crippen molar-refractivity contribution in [1.82, 2.24) is 9.80 Å². The Hall–Kier alpha value is -0.660. The Balaban J connectivity index is 1.79. The van der Waals surface area contributed by atoms with Crippen LogP contribution in [-0.2, 0) is 0 Å². The summed E-state index contributed by atoms with van der Waals surface area (Å²) in [5, 5.41) is 0. The van der Waals surface area contributed by atoms with Crippen LogP contribution in [0.1, 0.15) is 136 Å². The van der Waals surface area contributed by atoms with Gasteiger partial charge >= 0.3 is 0 Å². The van der Waals surface area contributed by atoms with Crippen LogP contribution in [0.5, 0.6) is 0 Å². The van der Waals surface area contributed by atoms with Crippen LogP contribution in [0.2, 0.25) is 0 Å². The molecule has 1 aliphatic rings. The predicted molar refractivity (Wildman–Crippen MR) is 126 cm³/mol. The van der Waals surface area contributed by atoms with Gasteiger partial charge in [-0.05, 0) is 26.7 Å². The molecular formula is C26H52N2. The molecule has 0 aromatic heterocycles. The van der Waals surface area contributed by atoms with Crippen molar-refractivity contribution < 1.29 is 0 Å². The monoisotopic (exact) mass is 392 g/mol. The Morgan fingerprint density at radius 1 is 0.464 bits per heavy atom. The molecule has 166 valence electrons. The largest absolute Gasteiger partial charge is 0.356 e. The summed E-state index contributed by atoms with van der Waals surface area (Å²) >= 11 is 0. The second kappa shape index (κ2) is 18.4. The van der Waals surface area contributed by atoms with Gasteiger partial charge in [0, 0.05) is 25.5 Å². The molecule has 0 fully saturated rings. The van der Waals surface area contributed by atoms with Crippen LogP contribution < -0.4 is 0 Å². The van der Waals surface area contributed by atoms with Crippen molar-refractivity contribution in [1.29, 1.82) is 0 Å². The fraction of sp³-hybridized carbons (Fsp3) is 0.923. The van der Waals surface area contributed by atoms with Gasteiger partial charge in [0.2, 0.25) is 0 Å². The zero-order valence-corrected chi connectivity index (χ0v) is 19.8. The van der Waals surface area contributed by atoms with Crippen molar-refractivity contribution in [2.45, 2.75) is 143 Å². The van der Waals surface area contributed by atoms with Crippen LogP contribution in [0.3, 0.4) is 0 Å². The first kappa shape index (κ1) is 25.4. The molecule has 0 aliphatic carbocycles. The molecule has 1 heterocycles. The highest BCUT2D eigenvalue weighted by Gasteiger charge is 2.22. The van der Waals surface area contributed by atoms with Crippen LogP contribution in [-0.4, -0.2) is 29.1 Å². The molecule has 0 spiro atoms. The summed E-state index contributed by atoms with van der Waals surface area (Å²) < 4.78 is 0. The maximum atomic E-state index is 2.50. The van der Waals surface area contributed by atoms with Gasteiger partial charge < -0.3 is 9.80 Å². The Bertz CT molecular complexity index is 338. The van der Waals surface area contributed by atoms with Gasteiger partial charge in [-0.15, -0.1) is 0 Å². The van der Waals surface area contributed by atoms with E-state index in [0.717, 1.165) is 13.1 Å². The molecule has 1 aliphatic heterocycles. The highest BCUT2D eigenvalue weighted by atomic mass is 15.4. The molecule has 28 heavy (non-hydrogen) atoms. The molecule has 0 unspecified atom stereocenters. The van der Waals surface area contributed by atoms with Crippen LogP contribution >= 0.6 is 0 Å². The van der Waals surface area contributed by atoms with E-state index in [4.69, 9.17) is 0 Å². The van der Waals surface area contributed by atoms with Crippen LogP contribution in [0.4, 0.5) is 0 Å². The van der Waals surface area contributed by atoms with E-state index in [1.54, 1.807) is 0 Å². The average molecular weight is 393 g/mol. The Kier molecular flexibility index (Phi) is 16.7. The third-order valence-corrected chi connectivity index (χ3v) is 6.51. The lowest BCUT2D eigenvalue weighted by Crippen LogP contribution is -2.38. The summed E-state index contributed by atoms with van der Waals surface area (Å²) in [7, 11) is 0. The maximum absolute atomic E-state index is 2.50. The number of nitrogens with zero attached hydrogens (tertiary/aromatic N) is 2. The molecule has 1 rings (SSSR count). The van der Waals surface area contributed by atoms with E-state index in [2.05, 4.69) is 43.0 Å². The third-order valence-electron chi connectivity index (χ3n) is 6.51. The Labute approximate surface area is 178 Å². The second-order valence-electron chi connectivity index (χ2n) is 8.89. The molecule has 2 nitrogen and oxygen atoms in total. The summed E-state index contributed by atoms with van der Waals surface area (Å²) in [5.41, 5.74) is 0. The average Bonchev–Trinajstić information content (AvgIpc) is 3.12. The molecular weight excluding hydrogens is 340 g/mol. The van der Waals surface area contributed by atoms with Crippen LogP contribution in [0.25, 0.3) is 0 Å². The highest BCUT2D eigenvalue weighted by Crippen LogP contribution is 2.21. The van der Waals surface area contributed by atoms with Crippen LogP contribution in [0, 0.1) is 0 Å². The van der Waals surface area contributed by atoms with Gasteiger partial charge in [0.25, 0.3) is 0 Å². The molecule has 0 amide bonds. The van der Waals surface area contributed by atoms with Crippen molar-refractivity contribution in [2.24, 2.45) is 0 Å².